The Hall–Kier alpha value is -3.07. The smallest absolute Gasteiger partial charge is 0.244 e. The predicted octanol–water partition coefficient (Wildman–Crippen LogP) is 3.68. The molecule has 0 unspecified atom stereocenters. The first-order valence-electron chi connectivity index (χ1n) is 7.49. The molecule has 3 heteroatoms. The molecule has 1 aliphatic rings. The fraction of sp³-hybridized carbons (Fsp3) is 0.0500. The second kappa shape index (κ2) is 4.99. The van der Waals surface area contributed by atoms with Crippen molar-refractivity contribution in [2.45, 2.75) is 5.41 Å². The summed E-state index contributed by atoms with van der Waals surface area (Å²) >= 11 is 0. The zero-order valence-corrected chi connectivity index (χ0v) is 12.4. The topological polar surface area (TPSA) is 49.3 Å². The summed E-state index contributed by atoms with van der Waals surface area (Å²) in [5.74, 6) is 0.110. The van der Waals surface area contributed by atoms with Crippen molar-refractivity contribution in [3.63, 3.8) is 0 Å². The summed E-state index contributed by atoms with van der Waals surface area (Å²) in [6, 6.07) is 24.4. The van der Waals surface area contributed by atoms with Crippen molar-refractivity contribution in [2.75, 3.05) is 5.32 Å². The van der Waals surface area contributed by atoms with Gasteiger partial charge in [-0.1, -0.05) is 60.7 Å². The van der Waals surface area contributed by atoms with Gasteiger partial charge >= 0.3 is 0 Å². The molecule has 1 atom stereocenters. The first-order valence-corrected chi connectivity index (χ1v) is 7.49. The molecule has 2 N–H and O–H groups in total. The van der Waals surface area contributed by atoms with Gasteiger partial charge < -0.3 is 10.4 Å². The maximum absolute atomic E-state index is 13.1. The van der Waals surface area contributed by atoms with Crippen molar-refractivity contribution in [3.8, 4) is 5.75 Å². The number of para-hydroxylation sites is 1. The summed E-state index contributed by atoms with van der Waals surface area (Å²) in [5.41, 5.74) is 2.61. The molecule has 0 saturated heterocycles. The molecule has 0 aromatic heterocycles. The van der Waals surface area contributed by atoms with Crippen LogP contribution in [-0.4, -0.2) is 11.0 Å². The normalized spacial score (nSPS) is 19.2. The van der Waals surface area contributed by atoms with E-state index in [1.54, 1.807) is 12.1 Å². The molecule has 3 aromatic carbocycles. The van der Waals surface area contributed by atoms with Crippen LogP contribution >= 0.6 is 0 Å². The summed E-state index contributed by atoms with van der Waals surface area (Å²) < 4.78 is 0. The average molecular weight is 301 g/mol. The molecule has 3 nitrogen and oxygen atoms in total. The first-order chi connectivity index (χ1) is 11.2. The van der Waals surface area contributed by atoms with Gasteiger partial charge in [-0.25, -0.2) is 0 Å². The lowest BCUT2D eigenvalue weighted by molar-refractivity contribution is -0.118. The molecular weight excluding hydrogens is 286 g/mol. The van der Waals surface area contributed by atoms with E-state index >= 15 is 0 Å². The monoisotopic (exact) mass is 301 g/mol. The van der Waals surface area contributed by atoms with Gasteiger partial charge in [0.1, 0.15) is 11.2 Å². The van der Waals surface area contributed by atoms with Crippen molar-refractivity contribution < 1.29 is 9.90 Å². The van der Waals surface area contributed by atoms with E-state index in [2.05, 4.69) is 5.32 Å². The minimum atomic E-state index is -0.897. The molecular formula is C20H15NO2. The minimum Gasteiger partial charge on any atom is -0.508 e. The fourth-order valence-corrected chi connectivity index (χ4v) is 3.40. The van der Waals surface area contributed by atoms with Gasteiger partial charge in [0, 0.05) is 11.3 Å². The van der Waals surface area contributed by atoms with E-state index in [1.807, 2.05) is 66.7 Å². The minimum absolute atomic E-state index is 0.0735. The Labute approximate surface area is 134 Å². The number of nitrogens with one attached hydrogen (secondary N) is 1. The second-order valence-electron chi connectivity index (χ2n) is 5.66. The van der Waals surface area contributed by atoms with Gasteiger partial charge in [0.15, 0.2) is 0 Å². The summed E-state index contributed by atoms with van der Waals surface area (Å²) in [6.07, 6.45) is 0. The highest BCUT2D eigenvalue weighted by Crippen LogP contribution is 2.47. The third-order valence-corrected chi connectivity index (χ3v) is 4.43. The highest BCUT2D eigenvalue weighted by atomic mass is 16.3. The summed E-state index contributed by atoms with van der Waals surface area (Å²) in [6.45, 7) is 0. The number of carbonyl (C=O) groups excluding carboxylic acids is 1. The molecule has 3 aromatic rings. The molecule has 0 saturated carbocycles. The van der Waals surface area contributed by atoms with Crippen LogP contribution in [0.3, 0.4) is 0 Å². The molecule has 0 bridgehead atoms. The number of hydrogen-bond donors (Lipinski definition) is 2. The molecule has 1 aliphatic heterocycles. The van der Waals surface area contributed by atoms with Crippen molar-refractivity contribution in [2.24, 2.45) is 0 Å². The van der Waals surface area contributed by atoms with Gasteiger partial charge in [0.05, 0.1) is 0 Å². The van der Waals surface area contributed by atoms with Crippen LogP contribution in [0.2, 0.25) is 0 Å². The summed E-state index contributed by atoms with van der Waals surface area (Å²) in [4.78, 5) is 13.1. The number of phenolic OH excluding ortho intramolecular Hbond substituents is 1. The average Bonchev–Trinajstić information content (AvgIpc) is 2.89. The maximum Gasteiger partial charge on any atom is 0.244 e. The second-order valence-corrected chi connectivity index (χ2v) is 5.66. The quantitative estimate of drug-likeness (QED) is 0.758. The lowest BCUT2D eigenvalue weighted by Crippen LogP contribution is -2.36. The first kappa shape index (κ1) is 13.6. The summed E-state index contributed by atoms with van der Waals surface area (Å²) in [5, 5.41) is 12.6. The van der Waals surface area contributed by atoms with E-state index in [0.29, 0.717) is 0 Å². The van der Waals surface area contributed by atoms with Crippen molar-refractivity contribution in [1.82, 2.24) is 0 Å². The Bertz CT molecular complexity index is 872. The number of aromatic hydroxyl groups is 1. The Balaban J connectivity index is 2.07. The number of fused-ring (bicyclic) bond motifs is 1. The standard InChI is InChI=1S/C20H15NO2/c22-16-12-10-15(11-13-16)20(14-6-2-1-3-7-14)17-8-4-5-9-18(17)21-19(20)23/h1-13,22H,(H,21,23)/t20-/m1/s1. The van der Waals surface area contributed by atoms with Gasteiger partial charge in [0.25, 0.3) is 0 Å². The van der Waals surface area contributed by atoms with E-state index in [1.165, 1.54) is 0 Å². The SMILES string of the molecule is O=C1Nc2ccccc2[C@@]1(c1ccccc1)c1ccc(O)cc1. The van der Waals surface area contributed by atoms with Crippen LogP contribution in [0.1, 0.15) is 16.7 Å². The fourth-order valence-electron chi connectivity index (χ4n) is 3.40. The number of amides is 1. The Morgan fingerprint density at radius 3 is 2.09 bits per heavy atom. The van der Waals surface area contributed by atoms with Crippen molar-refractivity contribution in [3.05, 3.63) is 95.6 Å². The van der Waals surface area contributed by atoms with E-state index in [4.69, 9.17) is 0 Å². The van der Waals surface area contributed by atoms with Crippen LogP contribution in [0.15, 0.2) is 78.9 Å². The number of phenols is 1. The van der Waals surface area contributed by atoms with Crippen LogP contribution < -0.4 is 5.32 Å². The highest BCUT2D eigenvalue weighted by molar-refractivity contribution is 6.11. The van der Waals surface area contributed by atoms with Gasteiger partial charge in [-0.05, 0) is 29.3 Å². The Kier molecular flexibility index (Phi) is 2.95. The van der Waals surface area contributed by atoms with Crippen molar-refractivity contribution in [1.29, 1.82) is 0 Å². The van der Waals surface area contributed by atoms with Crippen LogP contribution in [-0.2, 0) is 10.2 Å². The maximum atomic E-state index is 13.1. The van der Waals surface area contributed by atoms with Gasteiger partial charge in [-0.2, -0.15) is 0 Å². The zero-order valence-electron chi connectivity index (χ0n) is 12.4. The number of carbonyl (C=O) groups is 1. The molecule has 23 heavy (non-hydrogen) atoms. The molecule has 0 spiro atoms. The largest absolute Gasteiger partial charge is 0.508 e. The van der Waals surface area contributed by atoms with Crippen LogP contribution in [0, 0.1) is 0 Å². The van der Waals surface area contributed by atoms with Crippen LogP contribution in [0.25, 0.3) is 0 Å². The van der Waals surface area contributed by atoms with Crippen LogP contribution in [0.4, 0.5) is 5.69 Å². The third kappa shape index (κ3) is 1.87. The van der Waals surface area contributed by atoms with E-state index in [0.717, 1.165) is 22.4 Å². The Morgan fingerprint density at radius 1 is 0.739 bits per heavy atom. The van der Waals surface area contributed by atoms with E-state index < -0.39 is 5.41 Å². The lowest BCUT2D eigenvalue weighted by Gasteiger charge is -2.29. The molecule has 1 amide bonds. The number of anilines is 1. The molecule has 1 heterocycles. The number of rotatable bonds is 2. The van der Waals surface area contributed by atoms with Gasteiger partial charge in [0.2, 0.25) is 5.91 Å². The van der Waals surface area contributed by atoms with E-state index in [9.17, 15) is 9.90 Å². The molecule has 112 valence electrons. The van der Waals surface area contributed by atoms with Crippen molar-refractivity contribution >= 4 is 11.6 Å². The predicted molar refractivity (Wildman–Crippen MR) is 89.5 cm³/mol. The molecule has 0 radical (unpaired) electrons. The third-order valence-electron chi connectivity index (χ3n) is 4.43. The molecule has 4 rings (SSSR count). The number of benzene rings is 3. The lowest BCUT2D eigenvalue weighted by atomic mass is 9.70. The highest BCUT2D eigenvalue weighted by Gasteiger charge is 2.49. The number of hydrogen-bond acceptors (Lipinski definition) is 2. The zero-order chi connectivity index (χ0) is 15.9. The Morgan fingerprint density at radius 2 is 1.35 bits per heavy atom. The summed E-state index contributed by atoms with van der Waals surface area (Å²) in [7, 11) is 0. The van der Waals surface area contributed by atoms with E-state index in [-0.39, 0.29) is 11.7 Å². The van der Waals surface area contributed by atoms with Gasteiger partial charge in [-0.3, -0.25) is 4.79 Å². The van der Waals surface area contributed by atoms with Gasteiger partial charge in [-0.15, -0.1) is 0 Å². The van der Waals surface area contributed by atoms with Crippen LogP contribution in [0.5, 0.6) is 5.75 Å². The molecule has 0 fully saturated rings. The molecule has 0 aliphatic carbocycles.